The number of aromatic amines is 1. The molecule has 0 radical (unpaired) electrons. The highest BCUT2D eigenvalue weighted by molar-refractivity contribution is 7.71. The maximum Gasteiger partial charge on any atom is 0.355 e. The van der Waals surface area contributed by atoms with Crippen LogP contribution in [0.2, 0.25) is 0 Å². The van der Waals surface area contributed by atoms with Gasteiger partial charge >= 0.3 is 5.97 Å². The molecule has 4 aromatic rings. The second-order valence-electron chi connectivity index (χ2n) is 6.82. The van der Waals surface area contributed by atoms with Crippen LogP contribution in [0.25, 0.3) is 28.1 Å². The van der Waals surface area contributed by atoms with E-state index in [2.05, 4.69) is 4.98 Å². The fourth-order valence-electron chi connectivity index (χ4n) is 3.47. The number of hydrogen-bond acceptors (Lipinski definition) is 5. The Bertz CT molecular complexity index is 1330. The van der Waals surface area contributed by atoms with Crippen molar-refractivity contribution in [2.45, 2.75) is 0 Å². The van der Waals surface area contributed by atoms with Gasteiger partial charge in [0, 0.05) is 42.7 Å². The second kappa shape index (κ2) is 8.04. The minimum atomic E-state index is -0.532. The Morgan fingerprint density at radius 2 is 1.74 bits per heavy atom. The molecule has 0 saturated heterocycles. The molecule has 0 atom stereocenters. The number of methoxy groups -OCH3 is 1. The lowest BCUT2D eigenvalue weighted by molar-refractivity contribution is -0.384. The molecule has 0 bridgehead atoms. The fraction of sp³-hybridized carbons (Fsp3) is 0.0909. The normalized spacial score (nSPS) is 10.8. The van der Waals surface area contributed by atoms with E-state index in [1.165, 1.54) is 19.2 Å². The van der Waals surface area contributed by atoms with Gasteiger partial charge in [0.05, 0.1) is 23.4 Å². The van der Waals surface area contributed by atoms with Gasteiger partial charge in [-0.2, -0.15) is 0 Å². The average Bonchev–Trinajstić information content (AvgIpc) is 3.34. The van der Waals surface area contributed by atoms with Gasteiger partial charge in [0.25, 0.3) is 5.69 Å². The summed E-state index contributed by atoms with van der Waals surface area (Å²) in [5, 5.41) is 11.1. The predicted molar refractivity (Wildman–Crippen MR) is 119 cm³/mol. The highest BCUT2D eigenvalue weighted by atomic mass is 32.1. The van der Waals surface area contributed by atoms with Gasteiger partial charge in [-0.05, 0) is 29.9 Å². The van der Waals surface area contributed by atoms with Crippen molar-refractivity contribution in [3.05, 3.63) is 87.6 Å². The number of hydrogen-bond donors (Lipinski definition) is 1. The number of ether oxygens (including phenoxy) is 1. The Morgan fingerprint density at radius 3 is 2.29 bits per heavy atom. The number of nitro groups is 1. The highest BCUT2D eigenvalue weighted by Crippen LogP contribution is 2.39. The van der Waals surface area contributed by atoms with Crippen molar-refractivity contribution in [1.29, 1.82) is 0 Å². The molecule has 31 heavy (non-hydrogen) atoms. The predicted octanol–water partition coefficient (Wildman–Crippen LogP) is 4.90. The van der Waals surface area contributed by atoms with Crippen LogP contribution < -0.4 is 0 Å². The van der Waals surface area contributed by atoms with E-state index in [1.807, 2.05) is 49.8 Å². The van der Waals surface area contributed by atoms with Crippen LogP contribution in [0.4, 0.5) is 5.69 Å². The number of H-pyrrole nitrogens is 1. The summed E-state index contributed by atoms with van der Waals surface area (Å²) in [4.78, 5) is 26.5. The van der Waals surface area contributed by atoms with Crippen LogP contribution in [-0.2, 0) is 11.8 Å². The number of non-ortho nitro benzene ring substituents is 1. The van der Waals surface area contributed by atoms with Crippen molar-refractivity contribution in [3.8, 4) is 28.1 Å². The monoisotopic (exact) mass is 434 g/mol. The number of rotatable bonds is 5. The first-order valence-corrected chi connectivity index (χ1v) is 9.72. The van der Waals surface area contributed by atoms with Gasteiger partial charge in [-0.3, -0.25) is 14.7 Å². The number of carbonyl (C=O) groups excluding carboxylic acids is 1. The van der Waals surface area contributed by atoms with Crippen LogP contribution in [0, 0.1) is 14.9 Å². The molecule has 1 N–H and O–H groups in total. The van der Waals surface area contributed by atoms with E-state index >= 15 is 0 Å². The van der Waals surface area contributed by atoms with Crippen LogP contribution in [-0.4, -0.2) is 32.1 Å². The first-order valence-electron chi connectivity index (χ1n) is 9.31. The van der Waals surface area contributed by atoms with Gasteiger partial charge in [0.15, 0.2) is 4.77 Å². The van der Waals surface area contributed by atoms with E-state index in [4.69, 9.17) is 17.0 Å². The molecule has 0 amide bonds. The maximum absolute atomic E-state index is 12.7. The van der Waals surface area contributed by atoms with Crippen molar-refractivity contribution in [2.24, 2.45) is 7.05 Å². The molecule has 0 fully saturated rings. The summed E-state index contributed by atoms with van der Waals surface area (Å²) in [5.41, 5.74) is 3.59. The molecule has 4 rings (SSSR count). The Kier molecular flexibility index (Phi) is 5.26. The molecular formula is C22H18N4O4S. The lowest BCUT2D eigenvalue weighted by atomic mass is 10.0. The quantitative estimate of drug-likeness (QED) is 0.209. The largest absolute Gasteiger partial charge is 0.464 e. The van der Waals surface area contributed by atoms with Crippen LogP contribution in [0.1, 0.15) is 10.5 Å². The third kappa shape index (κ3) is 3.55. The van der Waals surface area contributed by atoms with Crippen molar-refractivity contribution in [1.82, 2.24) is 14.1 Å². The first kappa shape index (κ1) is 20.3. The zero-order valence-electron chi connectivity index (χ0n) is 16.7. The SMILES string of the molecule is COC(=O)c1[nH]c(-c2ccc([N+](=O)[O-])cc2)c(-n2ccn(C)c2=S)c1-c1ccccc1. The maximum atomic E-state index is 12.7. The van der Waals surface area contributed by atoms with Crippen molar-refractivity contribution in [3.63, 3.8) is 0 Å². The second-order valence-corrected chi connectivity index (χ2v) is 7.19. The topological polar surface area (TPSA) is 95.1 Å². The smallest absolute Gasteiger partial charge is 0.355 e. The third-order valence-electron chi connectivity index (χ3n) is 4.98. The van der Waals surface area contributed by atoms with E-state index in [1.54, 1.807) is 21.3 Å². The van der Waals surface area contributed by atoms with Gasteiger partial charge in [-0.25, -0.2) is 4.79 Å². The molecule has 0 unspecified atom stereocenters. The first-order chi connectivity index (χ1) is 14.9. The summed E-state index contributed by atoms with van der Waals surface area (Å²) in [5.74, 6) is -0.532. The fourth-order valence-corrected chi connectivity index (χ4v) is 3.68. The number of nitrogens with one attached hydrogen (secondary N) is 1. The van der Waals surface area contributed by atoms with E-state index in [9.17, 15) is 14.9 Å². The lowest BCUT2D eigenvalue weighted by Crippen LogP contribution is -2.04. The Hall–Kier alpha value is -3.98. The summed E-state index contributed by atoms with van der Waals surface area (Å²) in [6.07, 6.45) is 3.63. The molecule has 2 aromatic carbocycles. The van der Waals surface area contributed by atoms with Crippen molar-refractivity contribution >= 4 is 23.9 Å². The number of nitro benzene ring substituents is 1. The molecule has 0 aliphatic carbocycles. The van der Waals surface area contributed by atoms with Crippen LogP contribution >= 0.6 is 12.2 Å². The van der Waals surface area contributed by atoms with Gasteiger partial charge in [-0.15, -0.1) is 0 Å². The molecule has 8 nitrogen and oxygen atoms in total. The van der Waals surface area contributed by atoms with Gasteiger partial charge in [0.1, 0.15) is 5.69 Å². The van der Waals surface area contributed by atoms with Crippen molar-refractivity contribution in [2.75, 3.05) is 7.11 Å². The molecule has 0 aliphatic rings. The van der Waals surface area contributed by atoms with E-state index in [0.717, 1.165) is 5.56 Å². The van der Waals surface area contributed by atoms with Gasteiger partial charge < -0.3 is 14.3 Å². The van der Waals surface area contributed by atoms with Crippen molar-refractivity contribution < 1.29 is 14.5 Å². The van der Waals surface area contributed by atoms with Crippen LogP contribution in [0.15, 0.2) is 67.0 Å². The molecule has 0 aliphatic heterocycles. The Balaban J connectivity index is 2.08. The molecule has 2 heterocycles. The number of aryl methyl sites for hydroxylation is 1. The van der Waals surface area contributed by atoms with E-state index < -0.39 is 10.9 Å². The molecule has 9 heteroatoms. The number of nitrogens with zero attached hydrogens (tertiary/aromatic N) is 3. The summed E-state index contributed by atoms with van der Waals surface area (Å²) in [6, 6.07) is 15.5. The molecule has 0 saturated carbocycles. The molecular weight excluding hydrogens is 416 g/mol. The summed E-state index contributed by atoms with van der Waals surface area (Å²) in [7, 11) is 3.15. The Morgan fingerprint density at radius 1 is 1.06 bits per heavy atom. The zero-order valence-corrected chi connectivity index (χ0v) is 17.6. The number of benzene rings is 2. The summed E-state index contributed by atoms with van der Waals surface area (Å²) < 4.78 is 9.14. The number of imidazole rings is 1. The van der Waals surface area contributed by atoms with Gasteiger partial charge in [0.2, 0.25) is 0 Å². The van der Waals surface area contributed by atoms with Crippen LogP contribution in [0.3, 0.4) is 0 Å². The highest BCUT2D eigenvalue weighted by Gasteiger charge is 2.26. The summed E-state index contributed by atoms with van der Waals surface area (Å²) >= 11 is 5.59. The molecule has 0 spiro atoms. The minimum absolute atomic E-state index is 0.0235. The van der Waals surface area contributed by atoms with E-state index in [-0.39, 0.29) is 11.4 Å². The Labute approximate surface area is 182 Å². The van der Waals surface area contributed by atoms with Gasteiger partial charge in [-0.1, -0.05) is 30.3 Å². The summed E-state index contributed by atoms with van der Waals surface area (Å²) in [6.45, 7) is 0. The number of aromatic nitrogens is 3. The van der Waals surface area contributed by atoms with Crippen LogP contribution in [0.5, 0.6) is 0 Å². The zero-order chi connectivity index (χ0) is 22.1. The molecule has 156 valence electrons. The van der Waals surface area contributed by atoms with E-state index in [0.29, 0.717) is 27.3 Å². The molecule has 2 aromatic heterocycles. The third-order valence-corrected chi connectivity index (χ3v) is 5.47. The standard InChI is InChI=1S/C22H18N4O4S/c1-24-12-13-25(22(24)31)20-17(14-6-4-3-5-7-14)19(21(27)30-2)23-18(20)15-8-10-16(11-9-15)26(28)29/h3-13,23H,1-2H3. The average molecular weight is 434 g/mol. The number of esters is 1. The lowest BCUT2D eigenvalue weighted by Gasteiger charge is -2.10. The minimum Gasteiger partial charge on any atom is -0.464 e. The number of carbonyl (C=O) groups is 1.